The Morgan fingerprint density at radius 1 is 1.14 bits per heavy atom. The van der Waals surface area contributed by atoms with E-state index < -0.39 is 10.0 Å². The third-order valence-electron chi connectivity index (χ3n) is 3.64. The van der Waals surface area contributed by atoms with Crippen molar-refractivity contribution >= 4 is 15.9 Å². The van der Waals surface area contributed by atoms with Crippen molar-refractivity contribution in [3.05, 3.63) is 29.8 Å². The molecular weight excluding hydrogens is 292 g/mol. The first kappa shape index (κ1) is 14.5. The molecule has 0 radical (unpaired) electrons. The number of nitrogens with one attached hydrogen (secondary N) is 1. The minimum absolute atomic E-state index is 0.146. The van der Waals surface area contributed by atoms with E-state index in [1.165, 1.54) is 16.4 Å². The number of carbonyl (C=O) groups excluding carboxylic acids is 1. The van der Waals surface area contributed by atoms with Gasteiger partial charge in [-0.15, -0.1) is 0 Å². The highest BCUT2D eigenvalue weighted by atomic mass is 32.2. The molecule has 6 nitrogen and oxygen atoms in total. The highest BCUT2D eigenvalue weighted by Gasteiger charge is 2.27. The summed E-state index contributed by atoms with van der Waals surface area (Å²) in [4.78, 5) is 12.1. The zero-order valence-corrected chi connectivity index (χ0v) is 12.4. The van der Waals surface area contributed by atoms with Crippen molar-refractivity contribution in [2.24, 2.45) is 0 Å². The molecule has 114 valence electrons. The summed E-state index contributed by atoms with van der Waals surface area (Å²) in [7, 11) is -3.49. The fourth-order valence-corrected chi connectivity index (χ4v) is 3.62. The molecule has 1 saturated heterocycles. The first-order valence-corrected chi connectivity index (χ1v) is 8.50. The van der Waals surface area contributed by atoms with Gasteiger partial charge in [0, 0.05) is 24.7 Å². The van der Waals surface area contributed by atoms with E-state index >= 15 is 0 Å². The first-order chi connectivity index (χ1) is 10.1. The van der Waals surface area contributed by atoms with Gasteiger partial charge in [-0.3, -0.25) is 4.79 Å². The van der Waals surface area contributed by atoms with Crippen molar-refractivity contribution < 1.29 is 17.9 Å². The van der Waals surface area contributed by atoms with Gasteiger partial charge in [-0.2, -0.15) is 4.31 Å². The number of morpholine rings is 1. The molecule has 2 aliphatic rings. The molecule has 3 rings (SSSR count). The number of carbonyl (C=O) groups is 1. The number of benzene rings is 1. The van der Waals surface area contributed by atoms with Crippen LogP contribution < -0.4 is 5.32 Å². The lowest BCUT2D eigenvalue weighted by molar-refractivity contribution is 0.0730. The summed E-state index contributed by atoms with van der Waals surface area (Å²) in [5.41, 5.74) is 0.489. The molecule has 0 unspecified atom stereocenters. The Bertz CT molecular complexity index is 617. The smallest absolute Gasteiger partial charge is 0.251 e. The summed E-state index contributed by atoms with van der Waals surface area (Å²) in [6.45, 7) is 1.57. The van der Waals surface area contributed by atoms with Gasteiger partial charge in [0.05, 0.1) is 18.1 Å². The molecular formula is C14H18N2O4S. The SMILES string of the molecule is O=C(NC1CC1)c1ccc(S(=O)(=O)N2CCOCC2)cc1. The van der Waals surface area contributed by atoms with E-state index in [-0.39, 0.29) is 16.8 Å². The van der Waals surface area contributed by atoms with E-state index in [4.69, 9.17) is 4.74 Å². The van der Waals surface area contributed by atoms with Gasteiger partial charge in [-0.05, 0) is 37.1 Å². The molecule has 0 spiro atoms. The number of sulfonamides is 1. The molecule has 0 atom stereocenters. The van der Waals surface area contributed by atoms with Crippen LogP contribution >= 0.6 is 0 Å². The highest BCUT2D eigenvalue weighted by molar-refractivity contribution is 7.89. The maximum absolute atomic E-state index is 12.4. The molecule has 21 heavy (non-hydrogen) atoms. The van der Waals surface area contributed by atoms with Crippen molar-refractivity contribution in [2.45, 2.75) is 23.8 Å². The first-order valence-electron chi connectivity index (χ1n) is 7.06. The van der Waals surface area contributed by atoms with Gasteiger partial charge < -0.3 is 10.1 Å². The van der Waals surface area contributed by atoms with Crippen LogP contribution in [0, 0.1) is 0 Å². The Hall–Kier alpha value is -1.44. The van der Waals surface area contributed by atoms with Gasteiger partial charge >= 0.3 is 0 Å². The molecule has 2 fully saturated rings. The van der Waals surface area contributed by atoms with Crippen molar-refractivity contribution in [3.8, 4) is 0 Å². The molecule has 1 heterocycles. The minimum Gasteiger partial charge on any atom is -0.379 e. The molecule has 1 aliphatic heterocycles. The second-order valence-electron chi connectivity index (χ2n) is 5.29. The zero-order valence-electron chi connectivity index (χ0n) is 11.6. The van der Waals surface area contributed by atoms with Gasteiger partial charge in [-0.1, -0.05) is 0 Å². The van der Waals surface area contributed by atoms with Gasteiger partial charge in [0.1, 0.15) is 0 Å². The van der Waals surface area contributed by atoms with Crippen LogP contribution in [0.2, 0.25) is 0 Å². The molecule has 7 heteroatoms. The molecule has 0 bridgehead atoms. The Kier molecular flexibility index (Phi) is 3.97. The predicted octanol–water partition coefficient (Wildman–Crippen LogP) is 0.600. The number of amides is 1. The summed E-state index contributed by atoms with van der Waals surface area (Å²) in [6.07, 6.45) is 2.05. The predicted molar refractivity (Wildman–Crippen MR) is 76.5 cm³/mol. The standard InChI is InChI=1S/C14H18N2O4S/c17-14(15-12-3-4-12)11-1-5-13(6-2-11)21(18,19)16-7-9-20-10-8-16/h1-2,5-6,12H,3-4,7-10H2,(H,15,17). The Morgan fingerprint density at radius 2 is 1.76 bits per heavy atom. The van der Waals surface area contributed by atoms with Crippen LogP contribution in [0.3, 0.4) is 0 Å². The van der Waals surface area contributed by atoms with Crippen LogP contribution in [-0.2, 0) is 14.8 Å². The second-order valence-corrected chi connectivity index (χ2v) is 7.23. The Labute approximate surface area is 124 Å². The lowest BCUT2D eigenvalue weighted by atomic mass is 10.2. The molecule has 1 aromatic carbocycles. The zero-order chi connectivity index (χ0) is 14.9. The summed E-state index contributed by atoms with van der Waals surface area (Å²) in [5.74, 6) is -0.146. The van der Waals surface area contributed by atoms with Crippen LogP contribution in [0.15, 0.2) is 29.2 Å². The van der Waals surface area contributed by atoms with Gasteiger partial charge in [0.15, 0.2) is 0 Å². The average Bonchev–Trinajstić information content (AvgIpc) is 3.32. The summed E-state index contributed by atoms with van der Waals surface area (Å²) in [6, 6.07) is 6.39. The van der Waals surface area contributed by atoms with Crippen LogP contribution in [-0.4, -0.2) is 51.0 Å². The molecule has 1 N–H and O–H groups in total. The van der Waals surface area contributed by atoms with Crippen LogP contribution in [0.5, 0.6) is 0 Å². The molecule has 1 amide bonds. The van der Waals surface area contributed by atoms with E-state index in [0.717, 1.165) is 12.8 Å². The highest BCUT2D eigenvalue weighted by Crippen LogP contribution is 2.20. The van der Waals surface area contributed by atoms with E-state index in [1.807, 2.05) is 0 Å². The normalized spacial score (nSPS) is 20.2. The quantitative estimate of drug-likeness (QED) is 0.883. The van der Waals surface area contributed by atoms with Crippen LogP contribution in [0.25, 0.3) is 0 Å². The van der Waals surface area contributed by atoms with Gasteiger partial charge in [-0.25, -0.2) is 8.42 Å². The van der Waals surface area contributed by atoms with E-state index in [9.17, 15) is 13.2 Å². The number of rotatable bonds is 4. The monoisotopic (exact) mass is 310 g/mol. The summed E-state index contributed by atoms with van der Waals surface area (Å²) >= 11 is 0. The van der Waals surface area contributed by atoms with Crippen molar-refractivity contribution in [1.29, 1.82) is 0 Å². The van der Waals surface area contributed by atoms with Crippen molar-refractivity contribution in [1.82, 2.24) is 9.62 Å². The fraction of sp³-hybridized carbons (Fsp3) is 0.500. The maximum Gasteiger partial charge on any atom is 0.251 e. The van der Waals surface area contributed by atoms with E-state index in [1.54, 1.807) is 12.1 Å². The van der Waals surface area contributed by atoms with Crippen LogP contribution in [0.1, 0.15) is 23.2 Å². The fourth-order valence-electron chi connectivity index (χ4n) is 2.21. The van der Waals surface area contributed by atoms with Crippen LogP contribution in [0.4, 0.5) is 0 Å². The van der Waals surface area contributed by atoms with Gasteiger partial charge in [0.25, 0.3) is 5.91 Å². The topological polar surface area (TPSA) is 75.7 Å². The Balaban J connectivity index is 1.74. The lowest BCUT2D eigenvalue weighted by Gasteiger charge is -2.26. The molecule has 1 saturated carbocycles. The van der Waals surface area contributed by atoms with Crippen molar-refractivity contribution in [2.75, 3.05) is 26.3 Å². The van der Waals surface area contributed by atoms with Gasteiger partial charge in [0.2, 0.25) is 10.0 Å². The third-order valence-corrected chi connectivity index (χ3v) is 5.55. The summed E-state index contributed by atoms with van der Waals surface area (Å²) < 4.78 is 31.4. The maximum atomic E-state index is 12.4. The molecule has 1 aliphatic carbocycles. The molecule has 0 aromatic heterocycles. The van der Waals surface area contributed by atoms with E-state index in [2.05, 4.69) is 5.32 Å². The van der Waals surface area contributed by atoms with E-state index in [0.29, 0.717) is 31.9 Å². The third kappa shape index (κ3) is 3.25. The van der Waals surface area contributed by atoms with Crippen molar-refractivity contribution in [3.63, 3.8) is 0 Å². The molecule has 1 aromatic rings. The minimum atomic E-state index is -3.49. The number of hydrogen-bond donors (Lipinski definition) is 1. The largest absolute Gasteiger partial charge is 0.379 e. The number of hydrogen-bond acceptors (Lipinski definition) is 4. The number of nitrogens with zero attached hydrogens (tertiary/aromatic N) is 1. The number of ether oxygens (including phenoxy) is 1. The average molecular weight is 310 g/mol. The second kappa shape index (κ2) is 5.75. The summed E-state index contributed by atoms with van der Waals surface area (Å²) in [5, 5.41) is 2.88. The lowest BCUT2D eigenvalue weighted by Crippen LogP contribution is -2.40. The Morgan fingerprint density at radius 3 is 2.33 bits per heavy atom.